The van der Waals surface area contributed by atoms with Gasteiger partial charge in [-0.3, -0.25) is 10.9 Å². The molecule has 1 aromatic heterocycles. The number of hydrogen-bond acceptors (Lipinski definition) is 5. The monoisotopic (exact) mass is 224 g/mol. The first-order valence-electron chi connectivity index (χ1n) is 4.22. The number of allylic oxidation sites excluding steroid dienone is 1. The summed E-state index contributed by atoms with van der Waals surface area (Å²) in [6, 6.07) is 3.62. The second kappa shape index (κ2) is 4.10. The minimum Gasteiger partial charge on any atom is -0.465 e. The van der Waals surface area contributed by atoms with Crippen LogP contribution < -0.4 is 16.7 Å². The fourth-order valence-corrected chi connectivity index (χ4v) is 1.31. The van der Waals surface area contributed by atoms with Gasteiger partial charge in [0.15, 0.2) is 0 Å². The molecule has 78 valence electrons. The Hall–Kier alpha value is -1.88. The van der Waals surface area contributed by atoms with E-state index in [0.29, 0.717) is 22.3 Å². The van der Waals surface area contributed by atoms with Crippen LogP contribution in [0.25, 0.3) is 6.08 Å². The summed E-state index contributed by atoms with van der Waals surface area (Å²) in [5.41, 5.74) is 6.83. The van der Waals surface area contributed by atoms with Crippen molar-refractivity contribution in [3.63, 3.8) is 0 Å². The van der Waals surface area contributed by atoms with E-state index in [1.807, 2.05) is 6.07 Å². The summed E-state index contributed by atoms with van der Waals surface area (Å²) < 4.78 is 5.16. The lowest BCUT2D eigenvalue weighted by molar-refractivity contribution is 0.556. The first-order valence-corrected chi connectivity index (χ1v) is 4.60. The van der Waals surface area contributed by atoms with E-state index in [0.717, 1.165) is 0 Å². The third-order valence-electron chi connectivity index (χ3n) is 1.82. The van der Waals surface area contributed by atoms with Gasteiger partial charge in [-0.15, -0.1) is 0 Å². The highest BCUT2D eigenvalue weighted by Gasteiger charge is 2.11. The van der Waals surface area contributed by atoms with Crippen LogP contribution in [0.3, 0.4) is 0 Å². The number of nitrogens with one attached hydrogen (secondary N) is 2. The Morgan fingerprint density at radius 3 is 3.00 bits per heavy atom. The van der Waals surface area contributed by atoms with Crippen LogP contribution in [0.5, 0.6) is 0 Å². The number of hydrogen-bond donors (Lipinski definition) is 3. The van der Waals surface area contributed by atoms with Crippen LogP contribution in [0.4, 0.5) is 0 Å². The Bertz CT molecular complexity index is 433. The molecule has 1 aliphatic rings. The van der Waals surface area contributed by atoms with Gasteiger partial charge >= 0.3 is 0 Å². The van der Waals surface area contributed by atoms with Gasteiger partial charge in [-0.2, -0.15) is 5.10 Å². The molecule has 1 aromatic rings. The van der Waals surface area contributed by atoms with Crippen molar-refractivity contribution < 1.29 is 4.42 Å². The largest absolute Gasteiger partial charge is 0.465 e. The molecule has 0 radical (unpaired) electrons. The molecule has 0 aromatic carbocycles. The molecule has 0 atom stereocenters. The average molecular weight is 225 g/mol. The summed E-state index contributed by atoms with van der Waals surface area (Å²) in [6.07, 6.45) is 4.97. The van der Waals surface area contributed by atoms with E-state index in [9.17, 15) is 0 Å². The summed E-state index contributed by atoms with van der Waals surface area (Å²) in [6.45, 7) is 0. The minimum absolute atomic E-state index is 0.427. The fraction of sp³-hybridized carbons (Fsp3) is 0. The second-order valence-electron chi connectivity index (χ2n) is 2.83. The topological polar surface area (TPSA) is 75.6 Å². The van der Waals surface area contributed by atoms with Gasteiger partial charge in [-0.05, 0) is 12.1 Å². The molecular formula is C9H9ClN4O. The number of nitrogens with zero attached hydrogens (tertiary/aromatic N) is 1. The molecule has 0 saturated carbocycles. The molecule has 5 nitrogen and oxygen atoms in total. The molecular weight excluding hydrogens is 216 g/mol. The molecule has 0 saturated heterocycles. The van der Waals surface area contributed by atoms with Crippen molar-refractivity contribution in [1.29, 1.82) is 0 Å². The molecule has 1 aliphatic heterocycles. The standard InChI is InChI=1S/C9H9ClN4O/c10-9-5-7(12-11)8(13-14-9)4-6-2-1-3-15-6/h1-5,13-14H,11H2. The average Bonchev–Trinajstić information content (AvgIpc) is 2.73. The normalized spacial score (nSPS) is 21.0. The van der Waals surface area contributed by atoms with Crippen LogP contribution in [-0.2, 0) is 0 Å². The maximum absolute atomic E-state index is 5.74. The van der Waals surface area contributed by atoms with Crippen molar-refractivity contribution in [2.75, 3.05) is 0 Å². The zero-order valence-corrected chi connectivity index (χ0v) is 8.45. The van der Waals surface area contributed by atoms with Crippen LogP contribution in [0.1, 0.15) is 5.76 Å². The van der Waals surface area contributed by atoms with Crippen molar-refractivity contribution in [2.45, 2.75) is 0 Å². The quantitative estimate of drug-likeness (QED) is 0.380. The second-order valence-corrected chi connectivity index (χ2v) is 3.24. The predicted octanol–water partition coefficient (Wildman–Crippen LogP) is 1.12. The Labute approximate surface area is 91.2 Å². The molecule has 0 unspecified atom stereocenters. The van der Waals surface area contributed by atoms with E-state index >= 15 is 0 Å². The van der Waals surface area contributed by atoms with Gasteiger partial charge < -0.3 is 10.3 Å². The molecule has 0 fully saturated rings. The van der Waals surface area contributed by atoms with Crippen LogP contribution in [-0.4, -0.2) is 5.71 Å². The lowest BCUT2D eigenvalue weighted by Gasteiger charge is -2.17. The molecule has 15 heavy (non-hydrogen) atoms. The smallest absolute Gasteiger partial charge is 0.128 e. The summed E-state index contributed by atoms with van der Waals surface area (Å²) in [7, 11) is 0. The number of hydrazine groups is 1. The lowest BCUT2D eigenvalue weighted by Crippen LogP contribution is -2.36. The summed E-state index contributed by atoms with van der Waals surface area (Å²) in [5, 5.41) is 4.03. The third kappa shape index (κ3) is 2.13. The minimum atomic E-state index is 0.427. The van der Waals surface area contributed by atoms with Gasteiger partial charge in [-0.1, -0.05) is 11.6 Å². The number of furan rings is 1. The Balaban J connectivity index is 2.31. The van der Waals surface area contributed by atoms with Gasteiger partial charge in [0.05, 0.1) is 12.0 Å². The summed E-state index contributed by atoms with van der Waals surface area (Å²) in [5.74, 6) is 5.93. The Kier molecular flexibility index (Phi) is 2.64. The van der Waals surface area contributed by atoms with E-state index in [4.69, 9.17) is 21.9 Å². The van der Waals surface area contributed by atoms with Gasteiger partial charge in [0.25, 0.3) is 0 Å². The van der Waals surface area contributed by atoms with E-state index in [-0.39, 0.29) is 0 Å². The maximum atomic E-state index is 5.74. The Morgan fingerprint density at radius 2 is 2.33 bits per heavy atom. The van der Waals surface area contributed by atoms with Gasteiger partial charge in [0.1, 0.15) is 16.6 Å². The zero-order valence-electron chi connectivity index (χ0n) is 7.70. The van der Waals surface area contributed by atoms with E-state index in [1.165, 1.54) is 0 Å². The number of rotatable bonds is 1. The highest BCUT2D eigenvalue weighted by Crippen LogP contribution is 2.11. The highest BCUT2D eigenvalue weighted by molar-refractivity contribution is 6.32. The number of nitrogens with two attached hydrogens (primary N) is 1. The molecule has 0 amide bonds. The lowest BCUT2D eigenvalue weighted by atomic mass is 10.2. The molecule has 0 aliphatic carbocycles. The first-order chi connectivity index (χ1) is 7.29. The van der Waals surface area contributed by atoms with Crippen LogP contribution in [0, 0.1) is 0 Å². The molecule has 2 rings (SSSR count). The SMILES string of the molecule is NN=C1C=C(Cl)NNC1=Cc1ccco1. The van der Waals surface area contributed by atoms with Crippen LogP contribution in [0.15, 0.2) is 44.8 Å². The molecule has 2 heterocycles. The predicted molar refractivity (Wildman–Crippen MR) is 58.5 cm³/mol. The summed E-state index contributed by atoms with van der Waals surface area (Å²) >= 11 is 5.74. The van der Waals surface area contributed by atoms with E-state index in [1.54, 1.807) is 24.5 Å². The van der Waals surface area contributed by atoms with Gasteiger partial charge in [0, 0.05) is 12.2 Å². The van der Waals surface area contributed by atoms with Crippen LogP contribution >= 0.6 is 11.6 Å². The van der Waals surface area contributed by atoms with Crippen molar-refractivity contribution in [1.82, 2.24) is 10.9 Å². The Morgan fingerprint density at radius 1 is 1.47 bits per heavy atom. The third-order valence-corrected chi connectivity index (χ3v) is 2.03. The molecule has 0 bridgehead atoms. The van der Waals surface area contributed by atoms with E-state index < -0.39 is 0 Å². The highest BCUT2D eigenvalue weighted by atomic mass is 35.5. The first kappa shape index (κ1) is 9.67. The fourth-order valence-electron chi connectivity index (χ4n) is 1.16. The van der Waals surface area contributed by atoms with Crippen molar-refractivity contribution in [2.24, 2.45) is 10.9 Å². The number of halogens is 1. The summed E-state index contributed by atoms with van der Waals surface area (Å²) in [4.78, 5) is 0. The van der Waals surface area contributed by atoms with Crippen molar-refractivity contribution >= 4 is 23.4 Å². The molecule has 6 heteroatoms. The molecule has 4 N–H and O–H groups in total. The van der Waals surface area contributed by atoms with Crippen LogP contribution in [0.2, 0.25) is 0 Å². The maximum Gasteiger partial charge on any atom is 0.128 e. The van der Waals surface area contributed by atoms with E-state index in [2.05, 4.69) is 16.0 Å². The zero-order chi connectivity index (χ0) is 10.7. The van der Waals surface area contributed by atoms with Crippen molar-refractivity contribution in [3.8, 4) is 0 Å². The van der Waals surface area contributed by atoms with Crippen molar-refractivity contribution in [3.05, 3.63) is 41.1 Å². The molecule has 0 spiro atoms. The number of hydrazone groups is 1. The van der Waals surface area contributed by atoms with Gasteiger partial charge in [0.2, 0.25) is 0 Å². The van der Waals surface area contributed by atoms with Gasteiger partial charge in [-0.25, -0.2) is 0 Å².